The van der Waals surface area contributed by atoms with Gasteiger partial charge in [-0.2, -0.15) is 15.9 Å². The third kappa shape index (κ3) is 3.45. The minimum absolute atomic E-state index is 0.00785. The molecule has 1 aliphatic heterocycles. The smallest absolute Gasteiger partial charge is 0.264 e. The van der Waals surface area contributed by atoms with E-state index in [9.17, 15) is 17.5 Å². The number of nitriles is 1. The van der Waals surface area contributed by atoms with Gasteiger partial charge in [0.1, 0.15) is 10.9 Å². The van der Waals surface area contributed by atoms with Crippen LogP contribution in [0.5, 0.6) is 0 Å². The van der Waals surface area contributed by atoms with Crippen molar-refractivity contribution in [2.45, 2.75) is 29.1 Å². The lowest BCUT2D eigenvalue weighted by Crippen LogP contribution is -2.38. The van der Waals surface area contributed by atoms with Gasteiger partial charge in [0.2, 0.25) is 0 Å². The molecular formula is C22H20N2O4S3. The van der Waals surface area contributed by atoms with Crippen LogP contribution in [0, 0.1) is 11.3 Å². The molecule has 0 fully saturated rings. The summed E-state index contributed by atoms with van der Waals surface area (Å²) in [4.78, 5) is 1.84. The van der Waals surface area contributed by atoms with Gasteiger partial charge in [0.15, 0.2) is 0 Å². The molecule has 0 spiro atoms. The molecule has 0 amide bonds. The first-order valence-corrected chi connectivity index (χ1v) is 13.8. The summed E-state index contributed by atoms with van der Waals surface area (Å²) in [5, 5.41) is 9.11. The molecule has 2 heterocycles. The van der Waals surface area contributed by atoms with Crippen LogP contribution in [0.1, 0.15) is 22.4 Å². The molecule has 31 heavy (non-hydrogen) atoms. The Morgan fingerprint density at radius 3 is 2.61 bits per heavy atom. The number of hydrogen-bond donors (Lipinski definition) is 2. The quantitative estimate of drug-likeness (QED) is 0.553. The zero-order chi connectivity index (χ0) is 21.8. The Kier molecular flexibility index (Phi) is 4.88. The third-order valence-corrected chi connectivity index (χ3v) is 10.5. The first-order valence-electron chi connectivity index (χ1n) is 9.84. The predicted octanol–water partition coefficient (Wildman–Crippen LogP) is 5.09. The van der Waals surface area contributed by atoms with Crippen LogP contribution < -0.4 is 4.31 Å². The van der Waals surface area contributed by atoms with Crippen molar-refractivity contribution >= 4 is 37.6 Å². The topological polar surface area (TPSA) is 102 Å². The van der Waals surface area contributed by atoms with Gasteiger partial charge < -0.3 is 0 Å². The average molecular weight is 473 g/mol. The average Bonchev–Trinajstić information content (AvgIpc) is 3.42. The van der Waals surface area contributed by atoms with Crippen molar-refractivity contribution in [3.63, 3.8) is 0 Å². The number of sulfonamides is 1. The number of nitrogens with zero attached hydrogens (tertiary/aromatic N) is 2. The van der Waals surface area contributed by atoms with Crippen molar-refractivity contribution in [2.75, 3.05) is 16.6 Å². The Bertz CT molecular complexity index is 1340. The van der Waals surface area contributed by atoms with Gasteiger partial charge in [0.05, 0.1) is 27.8 Å². The van der Waals surface area contributed by atoms with Crippen LogP contribution in [0.2, 0.25) is 0 Å². The SMILES string of the molecule is N#Cc1ccc(-c2ccc3c(c2)N(S(=O)(=O)c2ccc4c(c2)CCC4)CCS3(O)O)s1. The fraction of sp³-hybridized carbons (Fsp3) is 0.227. The summed E-state index contributed by atoms with van der Waals surface area (Å²) in [7, 11) is -6.95. The van der Waals surface area contributed by atoms with Gasteiger partial charge in [-0.25, -0.2) is 8.42 Å². The first kappa shape index (κ1) is 20.5. The highest BCUT2D eigenvalue weighted by Crippen LogP contribution is 2.56. The van der Waals surface area contributed by atoms with Crippen molar-refractivity contribution in [1.29, 1.82) is 5.26 Å². The molecule has 9 heteroatoms. The van der Waals surface area contributed by atoms with Crippen molar-refractivity contribution < 1.29 is 17.5 Å². The Hall–Kier alpha value is -2.35. The molecular weight excluding hydrogens is 452 g/mol. The van der Waals surface area contributed by atoms with E-state index in [1.807, 2.05) is 12.1 Å². The van der Waals surface area contributed by atoms with Crippen LogP contribution in [0.25, 0.3) is 10.4 Å². The Morgan fingerprint density at radius 1 is 1.03 bits per heavy atom. The monoisotopic (exact) mass is 472 g/mol. The lowest BCUT2D eigenvalue weighted by atomic mass is 10.1. The maximum absolute atomic E-state index is 13.6. The van der Waals surface area contributed by atoms with E-state index in [1.54, 1.807) is 36.4 Å². The van der Waals surface area contributed by atoms with E-state index in [2.05, 4.69) is 6.07 Å². The van der Waals surface area contributed by atoms with Crippen LogP contribution >= 0.6 is 21.9 Å². The zero-order valence-corrected chi connectivity index (χ0v) is 18.9. The van der Waals surface area contributed by atoms with E-state index in [-0.39, 0.29) is 27.8 Å². The van der Waals surface area contributed by atoms with Crippen LogP contribution in [0.15, 0.2) is 58.3 Å². The second-order valence-electron chi connectivity index (χ2n) is 7.69. The van der Waals surface area contributed by atoms with Gasteiger partial charge >= 0.3 is 0 Å². The van der Waals surface area contributed by atoms with Gasteiger partial charge in [-0.05, 0) is 72.4 Å². The summed E-state index contributed by atoms with van der Waals surface area (Å²) in [6.45, 7) is -0.00785. The Balaban J connectivity index is 1.63. The molecule has 160 valence electrons. The highest BCUT2D eigenvalue weighted by atomic mass is 32.3. The summed E-state index contributed by atoms with van der Waals surface area (Å²) in [5.41, 5.74) is 3.28. The van der Waals surface area contributed by atoms with Gasteiger partial charge in [-0.1, -0.05) is 12.1 Å². The molecule has 6 nitrogen and oxygen atoms in total. The Labute approximate surface area is 186 Å². The van der Waals surface area contributed by atoms with E-state index in [1.165, 1.54) is 21.2 Å². The fourth-order valence-corrected chi connectivity index (χ4v) is 8.17. The molecule has 0 saturated heterocycles. The lowest BCUT2D eigenvalue weighted by Gasteiger charge is -2.42. The lowest BCUT2D eigenvalue weighted by molar-refractivity contribution is 0.484. The van der Waals surface area contributed by atoms with E-state index >= 15 is 0 Å². The van der Waals surface area contributed by atoms with Gasteiger partial charge in [-0.15, -0.1) is 11.3 Å². The summed E-state index contributed by atoms with van der Waals surface area (Å²) >= 11 is 1.31. The second-order valence-corrected chi connectivity index (χ2v) is 12.8. The maximum atomic E-state index is 13.6. The van der Waals surface area contributed by atoms with Gasteiger partial charge in [-0.3, -0.25) is 13.4 Å². The minimum Gasteiger partial charge on any atom is -0.295 e. The molecule has 0 atom stereocenters. The molecule has 0 bridgehead atoms. The Morgan fingerprint density at radius 2 is 1.84 bits per heavy atom. The molecule has 1 aromatic heterocycles. The summed E-state index contributed by atoms with van der Waals surface area (Å²) < 4.78 is 49.6. The molecule has 2 N–H and O–H groups in total. The summed E-state index contributed by atoms with van der Waals surface area (Å²) in [6.07, 6.45) is 2.87. The maximum Gasteiger partial charge on any atom is 0.264 e. The van der Waals surface area contributed by atoms with E-state index in [0.717, 1.165) is 35.3 Å². The van der Waals surface area contributed by atoms with Crippen LogP contribution in [-0.4, -0.2) is 29.8 Å². The van der Waals surface area contributed by atoms with Crippen molar-refractivity contribution in [1.82, 2.24) is 0 Å². The van der Waals surface area contributed by atoms with Crippen LogP contribution in [-0.2, 0) is 22.9 Å². The number of aryl methyl sites for hydroxylation is 2. The largest absolute Gasteiger partial charge is 0.295 e. The van der Waals surface area contributed by atoms with Crippen molar-refractivity contribution in [3.8, 4) is 16.5 Å². The second kappa shape index (κ2) is 7.36. The number of fused-ring (bicyclic) bond motifs is 2. The molecule has 1 aliphatic carbocycles. The molecule has 2 aromatic carbocycles. The molecule has 3 aromatic rings. The zero-order valence-electron chi connectivity index (χ0n) is 16.5. The first-order chi connectivity index (χ1) is 14.8. The number of thiophene rings is 1. The molecule has 0 saturated carbocycles. The van der Waals surface area contributed by atoms with Crippen molar-refractivity contribution in [2.24, 2.45) is 0 Å². The highest BCUT2D eigenvalue weighted by Gasteiger charge is 2.36. The standard InChI is InChI=1S/C22H20N2O4S3/c23-14-18-6-8-21(29-18)17-5-9-22-20(13-17)24(10-11-30(22,25)26)31(27,28)19-7-4-15-2-1-3-16(15)12-19/h4-9,12-13,25-26H,1-3,10-11H2. The van der Waals surface area contributed by atoms with Gasteiger partial charge in [0.25, 0.3) is 10.0 Å². The van der Waals surface area contributed by atoms with E-state index in [4.69, 9.17) is 5.26 Å². The summed E-state index contributed by atoms with van der Waals surface area (Å²) in [5.74, 6) is -0.0406. The molecule has 0 radical (unpaired) electrons. The van der Waals surface area contributed by atoms with E-state index in [0.29, 0.717) is 4.88 Å². The number of benzene rings is 2. The summed E-state index contributed by atoms with van der Waals surface area (Å²) in [6, 6.07) is 15.9. The normalized spacial score (nSPS) is 18.2. The molecule has 5 rings (SSSR count). The number of rotatable bonds is 3. The molecule has 2 aliphatic rings. The highest BCUT2D eigenvalue weighted by molar-refractivity contribution is 8.24. The van der Waals surface area contributed by atoms with Crippen molar-refractivity contribution in [3.05, 3.63) is 64.5 Å². The molecule has 0 unspecified atom stereocenters. The fourth-order valence-electron chi connectivity index (χ4n) is 4.22. The van der Waals surface area contributed by atoms with Crippen LogP contribution in [0.4, 0.5) is 5.69 Å². The predicted molar refractivity (Wildman–Crippen MR) is 123 cm³/mol. The van der Waals surface area contributed by atoms with E-state index < -0.39 is 20.6 Å². The minimum atomic E-state index is -3.87. The van der Waals surface area contributed by atoms with Gasteiger partial charge in [0, 0.05) is 4.88 Å². The number of hydrogen-bond acceptors (Lipinski definition) is 6. The third-order valence-electron chi connectivity index (χ3n) is 5.82. The number of anilines is 1. The van der Waals surface area contributed by atoms with Crippen LogP contribution in [0.3, 0.4) is 0 Å².